The number of para-hydroxylation sites is 1. The van der Waals surface area contributed by atoms with Crippen molar-refractivity contribution in [3.8, 4) is 0 Å². The van der Waals surface area contributed by atoms with Crippen LogP contribution >= 0.6 is 11.8 Å². The van der Waals surface area contributed by atoms with Gasteiger partial charge in [-0.05, 0) is 50.1 Å². The second-order valence-corrected chi connectivity index (χ2v) is 9.06. The summed E-state index contributed by atoms with van der Waals surface area (Å²) in [5, 5.41) is 6.58. The van der Waals surface area contributed by atoms with Crippen LogP contribution in [0.5, 0.6) is 0 Å². The number of allylic oxidation sites excluding steroid dienone is 1. The molecule has 1 saturated carbocycles. The van der Waals surface area contributed by atoms with Gasteiger partial charge in [-0.15, -0.1) is 11.8 Å². The Kier molecular flexibility index (Phi) is 6.89. The highest BCUT2D eigenvalue weighted by Crippen LogP contribution is 2.36. The van der Waals surface area contributed by atoms with Crippen molar-refractivity contribution < 1.29 is 0 Å². The van der Waals surface area contributed by atoms with E-state index in [0.717, 1.165) is 12.5 Å². The van der Waals surface area contributed by atoms with Crippen LogP contribution in [0.2, 0.25) is 0 Å². The number of benzene rings is 1. The van der Waals surface area contributed by atoms with Crippen molar-refractivity contribution >= 4 is 17.4 Å². The van der Waals surface area contributed by atoms with Crippen molar-refractivity contribution in [3.05, 3.63) is 40.9 Å². The molecule has 1 fully saturated rings. The molecule has 2 aliphatic rings. The predicted molar refractivity (Wildman–Crippen MR) is 112 cm³/mol. The first-order chi connectivity index (χ1) is 12.1. The van der Waals surface area contributed by atoms with Crippen molar-refractivity contribution in [1.82, 2.24) is 5.32 Å². The Labute approximate surface area is 158 Å². The van der Waals surface area contributed by atoms with Crippen molar-refractivity contribution in [2.45, 2.75) is 83.7 Å². The summed E-state index contributed by atoms with van der Waals surface area (Å²) < 4.78 is 0. The molecule has 1 N–H and O–H groups in total. The lowest BCUT2D eigenvalue weighted by Crippen LogP contribution is -2.30. The van der Waals surface area contributed by atoms with Gasteiger partial charge in [-0.1, -0.05) is 56.7 Å². The van der Waals surface area contributed by atoms with Crippen LogP contribution in [0, 0.1) is 5.92 Å². The molecule has 0 radical (unpaired) electrons. The zero-order valence-electron chi connectivity index (χ0n) is 16.1. The third-order valence-electron chi connectivity index (χ3n) is 5.73. The molecule has 0 bridgehead atoms. The quantitative estimate of drug-likeness (QED) is 0.602. The van der Waals surface area contributed by atoms with Crippen LogP contribution in [-0.4, -0.2) is 11.4 Å². The van der Waals surface area contributed by atoms with Crippen LogP contribution in [0.25, 0.3) is 0 Å². The standard InChI is InChI=1S/C22H34N2S/c1-17(14-20-10-6-4-5-7-11-20)23-15-21-12-8-9-13-22(21)24-18(2)16-25-19(24)3/h8-9,12-13,16-17,19-20,23H,4-7,10-11,14-15H2,1-3H3/t17-,19?/m0/s1. The van der Waals surface area contributed by atoms with E-state index < -0.39 is 0 Å². The number of nitrogens with zero attached hydrogens (tertiary/aromatic N) is 1. The lowest BCUT2D eigenvalue weighted by Gasteiger charge is -2.28. The first-order valence-electron chi connectivity index (χ1n) is 10.1. The summed E-state index contributed by atoms with van der Waals surface area (Å²) in [5.41, 5.74) is 4.14. The normalized spacial score (nSPS) is 23.4. The maximum absolute atomic E-state index is 3.81. The Bertz CT molecular complexity index is 575. The van der Waals surface area contributed by atoms with Crippen molar-refractivity contribution in [2.24, 2.45) is 5.92 Å². The summed E-state index contributed by atoms with van der Waals surface area (Å²) in [7, 11) is 0. The summed E-state index contributed by atoms with van der Waals surface area (Å²) in [4.78, 5) is 2.47. The Balaban J connectivity index is 1.58. The average Bonchev–Trinajstić information content (AvgIpc) is 2.79. The number of nitrogens with one attached hydrogen (secondary N) is 1. The molecule has 1 aliphatic carbocycles. The highest BCUT2D eigenvalue weighted by Gasteiger charge is 2.23. The van der Waals surface area contributed by atoms with Gasteiger partial charge in [0, 0.05) is 24.0 Å². The van der Waals surface area contributed by atoms with Gasteiger partial charge in [0.1, 0.15) is 0 Å². The minimum atomic E-state index is 0.490. The van der Waals surface area contributed by atoms with Gasteiger partial charge in [-0.2, -0.15) is 0 Å². The number of hydrogen-bond donors (Lipinski definition) is 1. The molecule has 0 saturated heterocycles. The molecular formula is C22H34N2S. The fraction of sp³-hybridized carbons (Fsp3) is 0.636. The molecule has 0 spiro atoms. The van der Waals surface area contributed by atoms with E-state index in [1.54, 1.807) is 0 Å². The molecule has 1 unspecified atom stereocenters. The molecule has 2 atom stereocenters. The fourth-order valence-corrected chi connectivity index (χ4v) is 5.26. The van der Waals surface area contributed by atoms with E-state index in [0.29, 0.717) is 11.4 Å². The Morgan fingerprint density at radius 2 is 1.88 bits per heavy atom. The maximum atomic E-state index is 3.81. The van der Waals surface area contributed by atoms with E-state index in [2.05, 4.69) is 60.7 Å². The minimum absolute atomic E-state index is 0.490. The van der Waals surface area contributed by atoms with Gasteiger partial charge in [0.15, 0.2) is 0 Å². The van der Waals surface area contributed by atoms with Crippen molar-refractivity contribution in [2.75, 3.05) is 4.90 Å². The fourth-order valence-electron chi connectivity index (χ4n) is 4.35. The van der Waals surface area contributed by atoms with Gasteiger partial charge in [-0.25, -0.2) is 0 Å². The first-order valence-corrected chi connectivity index (χ1v) is 11.0. The third kappa shape index (κ3) is 5.04. The van der Waals surface area contributed by atoms with E-state index in [1.165, 1.54) is 61.9 Å². The molecule has 25 heavy (non-hydrogen) atoms. The van der Waals surface area contributed by atoms with E-state index in [4.69, 9.17) is 0 Å². The Hall–Kier alpha value is -0.930. The van der Waals surface area contributed by atoms with E-state index in [9.17, 15) is 0 Å². The summed E-state index contributed by atoms with van der Waals surface area (Å²) in [5.74, 6) is 0.931. The maximum Gasteiger partial charge on any atom is 0.0809 e. The van der Waals surface area contributed by atoms with Crippen molar-refractivity contribution in [1.29, 1.82) is 0 Å². The molecule has 138 valence electrons. The highest BCUT2D eigenvalue weighted by atomic mass is 32.2. The molecule has 1 aromatic carbocycles. The third-order valence-corrected chi connectivity index (χ3v) is 6.81. The molecule has 1 aliphatic heterocycles. The molecule has 1 heterocycles. The van der Waals surface area contributed by atoms with E-state index in [-0.39, 0.29) is 0 Å². The molecular weight excluding hydrogens is 324 g/mol. The van der Waals surface area contributed by atoms with E-state index >= 15 is 0 Å². The predicted octanol–water partition coefficient (Wildman–Crippen LogP) is 6.29. The molecule has 0 amide bonds. The van der Waals surface area contributed by atoms with Gasteiger partial charge in [0.2, 0.25) is 0 Å². The molecule has 2 nitrogen and oxygen atoms in total. The Morgan fingerprint density at radius 1 is 1.16 bits per heavy atom. The van der Waals surface area contributed by atoms with Crippen molar-refractivity contribution in [3.63, 3.8) is 0 Å². The topological polar surface area (TPSA) is 15.3 Å². The zero-order valence-corrected chi connectivity index (χ0v) is 16.9. The SMILES string of the molecule is CC1=CSC(C)N1c1ccccc1CN[C@@H](C)CC1CCCCCC1. The smallest absolute Gasteiger partial charge is 0.0809 e. The monoisotopic (exact) mass is 358 g/mol. The largest absolute Gasteiger partial charge is 0.332 e. The van der Waals surface area contributed by atoms with Crippen LogP contribution in [0.15, 0.2) is 35.4 Å². The summed E-state index contributed by atoms with van der Waals surface area (Å²) in [6, 6.07) is 9.48. The van der Waals surface area contributed by atoms with Crippen LogP contribution in [0.3, 0.4) is 0 Å². The minimum Gasteiger partial charge on any atom is -0.332 e. The van der Waals surface area contributed by atoms with E-state index in [1.807, 2.05) is 11.8 Å². The molecule has 0 aromatic heterocycles. The zero-order chi connectivity index (χ0) is 17.6. The van der Waals surface area contributed by atoms with Gasteiger partial charge >= 0.3 is 0 Å². The van der Waals surface area contributed by atoms with Crippen LogP contribution in [0.4, 0.5) is 5.69 Å². The highest BCUT2D eigenvalue weighted by molar-refractivity contribution is 8.03. The molecule has 3 rings (SSSR count). The van der Waals surface area contributed by atoms with Gasteiger partial charge in [0.05, 0.1) is 5.37 Å². The molecule has 3 heteroatoms. The summed E-state index contributed by atoms with van der Waals surface area (Å²) >= 11 is 1.91. The Morgan fingerprint density at radius 3 is 2.56 bits per heavy atom. The summed E-state index contributed by atoms with van der Waals surface area (Å²) in [6.07, 6.45) is 9.99. The first kappa shape index (κ1) is 18.8. The second-order valence-electron chi connectivity index (χ2n) is 7.87. The lowest BCUT2D eigenvalue weighted by molar-refractivity contribution is 0.363. The molecule has 1 aromatic rings. The van der Waals surface area contributed by atoms with Crippen LogP contribution in [0.1, 0.15) is 71.3 Å². The van der Waals surface area contributed by atoms with Gasteiger partial charge < -0.3 is 10.2 Å². The average molecular weight is 359 g/mol. The summed E-state index contributed by atoms with van der Waals surface area (Å²) in [6.45, 7) is 7.84. The van der Waals surface area contributed by atoms with Crippen LogP contribution < -0.4 is 10.2 Å². The number of thioether (sulfide) groups is 1. The number of anilines is 1. The number of rotatable bonds is 6. The number of hydrogen-bond acceptors (Lipinski definition) is 3. The second kappa shape index (κ2) is 9.14. The lowest BCUT2D eigenvalue weighted by atomic mass is 9.93. The van der Waals surface area contributed by atoms with Gasteiger partial charge in [-0.3, -0.25) is 0 Å². The van der Waals surface area contributed by atoms with Gasteiger partial charge in [0.25, 0.3) is 0 Å². The van der Waals surface area contributed by atoms with Crippen LogP contribution in [-0.2, 0) is 6.54 Å².